The van der Waals surface area contributed by atoms with Gasteiger partial charge in [-0.25, -0.2) is 23.5 Å². The first-order valence-electron chi connectivity index (χ1n) is 9.63. The van der Waals surface area contributed by atoms with Crippen molar-refractivity contribution in [2.75, 3.05) is 36.5 Å². The zero-order valence-electron chi connectivity index (χ0n) is 16.0. The molecule has 0 unspecified atom stereocenters. The molecule has 1 aliphatic carbocycles. The molecule has 158 valence electrons. The van der Waals surface area contributed by atoms with E-state index < -0.39 is 10.0 Å². The molecule has 3 aromatic rings. The minimum Gasteiger partial charge on any atom is -0.378 e. The number of H-pyrrole nitrogens is 1. The predicted molar refractivity (Wildman–Crippen MR) is 114 cm³/mol. The number of aromatic nitrogens is 4. The Hall–Kier alpha value is -2.54. The highest BCUT2D eigenvalue weighted by Gasteiger charge is 2.26. The number of nitrogens with zero attached hydrogens (tertiary/aromatic N) is 4. The minimum absolute atomic E-state index is 0.0787. The number of hydrogen-bond acceptors (Lipinski definition) is 9. The number of morpholine rings is 1. The molecule has 1 aliphatic heterocycles. The molecule has 30 heavy (non-hydrogen) atoms. The van der Waals surface area contributed by atoms with Crippen LogP contribution in [0.15, 0.2) is 28.5 Å². The normalized spacial score (nSPS) is 17.3. The quantitative estimate of drug-likeness (QED) is 0.522. The van der Waals surface area contributed by atoms with E-state index in [2.05, 4.69) is 30.4 Å². The van der Waals surface area contributed by atoms with Crippen molar-refractivity contribution in [2.45, 2.75) is 23.0 Å². The summed E-state index contributed by atoms with van der Waals surface area (Å²) in [4.78, 5) is 12.0. The zero-order chi connectivity index (χ0) is 20.7. The van der Waals surface area contributed by atoms with Crippen LogP contribution in [0.25, 0.3) is 10.7 Å². The van der Waals surface area contributed by atoms with Crippen molar-refractivity contribution >= 4 is 38.8 Å². The third kappa shape index (κ3) is 4.17. The highest BCUT2D eigenvalue weighted by molar-refractivity contribution is 7.91. The summed E-state index contributed by atoms with van der Waals surface area (Å²) in [5.74, 6) is 3.08. The lowest BCUT2D eigenvalue weighted by Gasteiger charge is -2.28. The average molecular weight is 448 g/mol. The van der Waals surface area contributed by atoms with Gasteiger partial charge in [-0.05, 0) is 25.0 Å². The van der Waals surface area contributed by atoms with Crippen LogP contribution in [0.3, 0.4) is 0 Å². The van der Waals surface area contributed by atoms with Crippen LogP contribution in [-0.4, -0.2) is 54.9 Å². The van der Waals surface area contributed by atoms with Gasteiger partial charge < -0.3 is 15.0 Å². The van der Waals surface area contributed by atoms with E-state index in [-0.39, 0.29) is 4.21 Å². The fourth-order valence-electron chi connectivity index (χ4n) is 3.28. The van der Waals surface area contributed by atoms with Crippen LogP contribution in [0.4, 0.5) is 17.5 Å². The van der Waals surface area contributed by atoms with E-state index in [0.29, 0.717) is 35.7 Å². The summed E-state index contributed by atoms with van der Waals surface area (Å²) in [5.41, 5.74) is 1.05. The van der Waals surface area contributed by atoms with Crippen LogP contribution in [0.2, 0.25) is 0 Å². The SMILES string of the molecule is NS(=O)(=O)c1ccc(-c2nc(Nc3cc(C4CC4)n[nH]3)cc(N3CCOCC3)n2)s1. The van der Waals surface area contributed by atoms with Gasteiger partial charge in [-0.1, -0.05) is 0 Å². The Morgan fingerprint density at radius 1 is 1.20 bits per heavy atom. The third-order valence-electron chi connectivity index (χ3n) is 4.99. The molecular weight excluding hydrogens is 426 g/mol. The molecule has 1 saturated heterocycles. The fourth-order valence-corrected chi connectivity index (χ4v) is 4.95. The molecule has 0 atom stereocenters. The van der Waals surface area contributed by atoms with Gasteiger partial charge in [0.1, 0.15) is 21.7 Å². The lowest BCUT2D eigenvalue weighted by atomic mass is 10.3. The number of rotatable bonds is 6. The van der Waals surface area contributed by atoms with Crippen molar-refractivity contribution < 1.29 is 13.2 Å². The fraction of sp³-hybridized carbons (Fsp3) is 0.389. The molecule has 3 aromatic heterocycles. The van der Waals surface area contributed by atoms with Gasteiger partial charge >= 0.3 is 0 Å². The van der Waals surface area contributed by atoms with Crippen LogP contribution in [0.5, 0.6) is 0 Å². The zero-order valence-corrected chi connectivity index (χ0v) is 17.7. The van der Waals surface area contributed by atoms with Crippen molar-refractivity contribution in [2.24, 2.45) is 5.14 Å². The molecule has 2 aliphatic rings. The highest BCUT2D eigenvalue weighted by atomic mass is 32.2. The Morgan fingerprint density at radius 3 is 2.70 bits per heavy atom. The van der Waals surface area contributed by atoms with Crippen LogP contribution in [0, 0.1) is 0 Å². The summed E-state index contributed by atoms with van der Waals surface area (Å²) in [6, 6.07) is 7.02. The number of nitrogens with two attached hydrogens (primary N) is 1. The molecule has 12 heteroatoms. The second kappa shape index (κ2) is 7.61. The largest absolute Gasteiger partial charge is 0.378 e. The number of primary sulfonamides is 1. The molecule has 0 radical (unpaired) electrons. The van der Waals surface area contributed by atoms with E-state index in [1.165, 1.54) is 18.9 Å². The lowest BCUT2D eigenvalue weighted by Crippen LogP contribution is -2.36. The monoisotopic (exact) mass is 447 g/mol. The van der Waals surface area contributed by atoms with E-state index in [9.17, 15) is 8.42 Å². The number of nitrogens with one attached hydrogen (secondary N) is 2. The first-order valence-corrected chi connectivity index (χ1v) is 12.0. The molecule has 0 spiro atoms. The Labute approximate surface area is 177 Å². The van der Waals surface area contributed by atoms with Gasteiger partial charge in [0.25, 0.3) is 0 Å². The summed E-state index contributed by atoms with van der Waals surface area (Å²) in [6.45, 7) is 2.70. The Balaban J connectivity index is 1.50. The Bertz CT molecular complexity index is 1160. The average Bonchev–Trinajstić information content (AvgIpc) is 3.25. The maximum Gasteiger partial charge on any atom is 0.247 e. The number of aromatic amines is 1. The number of hydrogen-bond donors (Lipinski definition) is 3. The first-order chi connectivity index (χ1) is 14.5. The molecule has 10 nitrogen and oxygen atoms in total. The van der Waals surface area contributed by atoms with Gasteiger partial charge in [0.15, 0.2) is 5.82 Å². The van der Waals surface area contributed by atoms with Crippen molar-refractivity contribution in [3.8, 4) is 10.7 Å². The maximum atomic E-state index is 11.7. The van der Waals surface area contributed by atoms with E-state index >= 15 is 0 Å². The second-order valence-electron chi connectivity index (χ2n) is 7.30. The number of ether oxygens (including phenoxy) is 1. The molecule has 0 aromatic carbocycles. The summed E-state index contributed by atoms with van der Waals surface area (Å²) < 4.78 is 28.8. The highest BCUT2D eigenvalue weighted by Crippen LogP contribution is 2.39. The standard InChI is InChI=1S/C18H21N7O3S2/c19-30(26,27)17-4-3-13(29-17)18-21-14(10-16(22-18)25-5-7-28-8-6-25)20-15-9-12(23-24-15)11-1-2-11/h3-4,9-11H,1-2,5-8H2,(H2,19,26,27)(H2,20,21,22,23,24). The van der Waals surface area contributed by atoms with Gasteiger partial charge in [0, 0.05) is 31.1 Å². The predicted octanol–water partition coefficient (Wildman–Crippen LogP) is 2.03. The maximum absolute atomic E-state index is 11.7. The van der Waals surface area contributed by atoms with E-state index in [1.54, 1.807) is 6.07 Å². The topological polar surface area (TPSA) is 139 Å². The number of sulfonamides is 1. The summed E-state index contributed by atoms with van der Waals surface area (Å²) >= 11 is 1.05. The van der Waals surface area contributed by atoms with Crippen LogP contribution < -0.4 is 15.4 Å². The van der Waals surface area contributed by atoms with Crippen molar-refractivity contribution in [1.29, 1.82) is 0 Å². The minimum atomic E-state index is -3.77. The van der Waals surface area contributed by atoms with Gasteiger partial charge in [0.2, 0.25) is 10.0 Å². The number of anilines is 3. The van der Waals surface area contributed by atoms with E-state index in [1.807, 2.05) is 12.1 Å². The summed E-state index contributed by atoms with van der Waals surface area (Å²) in [5, 5.41) is 15.9. The van der Waals surface area contributed by atoms with Crippen molar-refractivity contribution in [3.63, 3.8) is 0 Å². The molecule has 1 saturated carbocycles. The first kappa shape index (κ1) is 19.4. The van der Waals surface area contributed by atoms with Gasteiger partial charge in [0.05, 0.1) is 23.8 Å². The summed E-state index contributed by atoms with van der Waals surface area (Å²) in [6.07, 6.45) is 2.35. The number of thiophene rings is 1. The lowest BCUT2D eigenvalue weighted by molar-refractivity contribution is 0.122. The van der Waals surface area contributed by atoms with Gasteiger partial charge in [-0.15, -0.1) is 11.3 Å². The van der Waals surface area contributed by atoms with Gasteiger partial charge in [-0.3, -0.25) is 5.10 Å². The second-order valence-corrected chi connectivity index (χ2v) is 10.2. The molecule has 5 rings (SSSR count). The van der Waals surface area contributed by atoms with Crippen molar-refractivity contribution in [3.05, 3.63) is 30.0 Å². The van der Waals surface area contributed by atoms with Gasteiger partial charge in [-0.2, -0.15) is 5.10 Å². The molecule has 4 N–H and O–H groups in total. The van der Waals surface area contributed by atoms with Crippen LogP contribution in [-0.2, 0) is 14.8 Å². The van der Waals surface area contributed by atoms with Crippen LogP contribution >= 0.6 is 11.3 Å². The van der Waals surface area contributed by atoms with Crippen molar-refractivity contribution in [1.82, 2.24) is 20.2 Å². The Morgan fingerprint density at radius 2 is 2.00 bits per heavy atom. The smallest absolute Gasteiger partial charge is 0.247 e. The molecule has 0 amide bonds. The third-order valence-corrected chi connectivity index (χ3v) is 7.51. The van der Waals surface area contributed by atoms with E-state index in [0.717, 1.165) is 41.8 Å². The Kier molecular flexibility index (Phi) is 4.93. The van der Waals surface area contributed by atoms with Crippen LogP contribution in [0.1, 0.15) is 24.5 Å². The molecule has 4 heterocycles. The molecule has 0 bridgehead atoms. The summed E-state index contributed by atoms with van der Waals surface area (Å²) in [7, 11) is -3.77. The van der Waals surface area contributed by atoms with E-state index in [4.69, 9.17) is 9.88 Å². The molecular formula is C18H21N7O3S2. The molecule has 2 fully saturated rings.